The van der Waals surface area contributed by atoms with E-state index >= 15 is 0 Å². The maximum absolute atomic E-state index is 12.0. The van der Waals surface area contributed by atoms with Crippen LogP contribution < -0.4 is 11.2 Å². The zero-order chi connectivity index (χ0) is 12.3. The number of nitrogens with one attached hydrogen (secondary N) is 1. The first-order valence-corrected chi connectivity index (χ1v) is 5.95. The summed E-state index contributed by atoms with van der Waals surface area (Å²) in [6, 6.07) is 3.35. The van der Waals surface area contributed by atoms with E-state index < -0.39 is 0 Å². The molecule has 2 heterocycles. The Bertz CT molecular complexity index is 393. The minimum atomic E-state index is -0.107. The fraction of sp³-hybridized carbons (Fsp3) is 0.500. The number of rotatable bonds is 2. The summed E-state index contributed by atoms with van der Waals surface area (Å²) in [7, 11) is 0. The average molecular weight is 234 g/mol. The number of hydrogen-bond donors (Lipinski definition) is 2. The molecule has 0 saturated carbocycles. The second-order valence-electron chi connectivity index (χ2n) is 4.41. The Morgan fingerprint density at radius 2 is 2.06 bits per heavy atom. The quantitative estimate of drug-likeness (QED) is 0.804. The Morgan fingerprint density at radius 1 is 1.35 bits per heavy atom. The Kier molecular flexibility index (Phi) is 3.58. The summed E-state index contributed by atoms with van der Waals surface area (Å²) in [5.41, 5.74) is 9.85. The lowest BCUT2D eigenvalue weighted by molar-refractivity contribution is 0.0750. The summed E-state index contributed by atoms with van der Waals surface area (Å²) in [6.07, 6.45) is 3.52. The van der Waals surface area contributed by atoms with Crippen LogP contribution in [0.4, 0.5) is 5.82 Å². The van der Waals surface area contributed by atoms with Crippen molar-refractivity contribution < 1.29 is 4.79 Å². The van der Waals surface area contributed by atoms with Gasteiger partial charge in [0.25, 0.3) is 5.91 Å². The van der Waals surface area contributed by atoms with E-state index in [0.717, 1.165) is 31.6 Å². The van der Waals surface area contributed by atoms with E-state index in [1.165, 1.54) is 6.42 Å². The van der Waals surface area contributed by atoms with Crippen LogP contribution in [0.15, 0.2) is 12.1 Å². The van der Waals surface area contributed by atoms with Crippen molar-refractivity contribution in [1.82, 2.24) is 15.4 Å². The zero-order valence-electron chi connectivity index (χ0n) is 10.1. The molecule has 1 amide bonds. The molecule has 0 spiro atoms. The minimum absolute atomic E-state index is 0.107. The summed E-state index contributed by atoms with van der Waals surface area (Å²) in [6.45, 7) is 3.67. The molecule has 5 heteroatoms. The van der Waals surface area contributed by atoms with E-state index in [-0.39, 0.29) is 5.91 Å². The molecular formula is C12H18N4O. The van der Waals surface area contributed by atoms with Gasteiger partial charge in [-0.15, -0.1) is 0 Å². The van der Waals surface area contributed by atoms with Gasteiger partial charge in [0, 0.05) is 24.3 Å². The van der Waals surface area contributed by atoms with Gasteiger partial charge in [-0.25, -0.2) is 9.99 Å². The largest absolute Gasteiger partial charge is 0.384 e. The van der Waals surface area contributed by atoms with Crippen molar-refractivity contribution in [3.05, 3.63) is 23.4 Å². The Hall–Kier alpha value is -1.62. The van der Waals surface area contributed by atoms with Crippen molar-refractivity contribution in [2.45, 2.75) is 26.2 Å². The maximum Gasteiger partial charge on any atom is 0.265 e. The van der Waals surface area contributed by atoms with Crippen molar-refractivity contribution in [1.29, 1.82) is 0 Å². The smallest absolute Gasteiger partial charge is 0.265 e. The van der Waals surface area contributed by atoms with Gasteiger partial charge in [0.05, 0.1) is 0 Å². The summed E-state index contributed by atoms with van der Waals surface area (Å²) in [4.78, 5) is 16.0. The Morgan fingerprint density at radius 3 is 2.71 bits per heavy atom. The van der Waals surface area contributed by atoms with Crippen molar-refractivity contribution >= 4 is 11.7 Å². The number of aryl methyl sites for hydroxylation is 1. The third-order valence-corrected chi connectivity index (χ3v) is 2.85. The SMILES string of the molecule is Cc1cc(C(=O)NN2CCCCC2)cc(N)n1. The normalized spacial score (nSPS) is 16.8. The minimum Gasteiger partial charge on any atom is -0.384 e. The molecule has 17 heavy (non-hydrogen) atoms. The van der Waals surface area contributed by atoms with E-state index in [4.69, 9.17) is 5.73 Å². The topological polar surface area (TPSA) is 71.2 Å². The summed E-state index contributed by atoms with van der Waals surface area (Å²) >= 11 is 0. The first kappa shape index (κ1) is 11.9. The number of aromatic nitrogens is 1. The lowest BCUT2D eigenvalue weighted by Crippen LogP contribution is -2.45. The molecule has 0 radical (unpaired) electrons. The lowest BCUT2D eigenvalue weighted by atomic mass is 10.1. The molecule has 1 aliphatic heterocycles. The number of pyridine rings is 1. The monoisotopic (exact) mass is 234 g/mol. The fourth-order valence-corrected chi connectivity index (χ4v) is 2.04. The third-order valence-electron chi connectivity index (χ3n) is 2.85. The number of nitrogens with zero attached hydrogens (tertiary/aromatic N) is 2. The van der Waals surface area contributed by atoms with Gasteiger partial charge < -0.3 is 5.73 Å². The molecule has 0 atom stereocenters. The van der Waals surface area contributed by atoms with Crippen LogP contribution in [0.1, 0.15) is 35.3 Å². The molecule has 2 rings (SSSR count). The number of nitrogen functional groups attached to an aromatic ring is 1. The van der Waals surface area contributed by atoms with Crippen LogP contribution >= 0.6 is 0 Å². The Balaban J connectivity index is 2.03. The van der Waals surface area contributed by atoms with Crippen LogP contribution in [0.3, 0.4) is 0 Å². The Labute approximate surface area is 101 Å². The van der Waals surface area contributed by atoms with E-state index in [2.05, 4.69) is 10.4 Å². The van der Waals surface area contributed by atoms with E-state index in [1.807, 2.05) is 11.9 Å². The molecule has 1 fully saturated rings. The van der Waals surface area contributed by atoms with Crippen molar-refractivity contribution in [3.8, 4) is 0 Å². The van der Waals surface area contributed by atoms with Gasteiger partial charge in [-0.3, -0.25) is 10.2 Å². The van der Waals surface area contributed by atoms with Crippen LogP contribution in [-0.4, -0.2) is 29.0 Å². The number of amides is 1. The molecule has 1 saturated heterocycles. The molecule has 3 N–H and O–H groups in total. The highest BCUT2D eigenvalue weighted by molar-refractivity contribution is 5.94. The van der Waals surface area contributed by atoms with E-state index in [0.29, 0.717) is 11.4 Å². The van der Waals surface area contributed by atoms with E-state index in [1.54, 1.807) is 12.1 Å². The molecular weight excluding hydrogens is 216 g/mol. The van der Waals surface area contributed by atoms with Crippen LogP contribution in [0.2, 0.25) is 0 Å². The molecule has 1 aromatic rings. The van der Waals surface area contributed by atoms with Crippen LogP contribution in [0.25, 0.3) is 0 Å². The molecule has 0 aromatic carbocycles. The van der Waals surface area contributed by atoms with Gasteiger partial charge in [0.15, 0.2) is 0 Å². The standard InChI is InChI=1S/C12H18N4O/c1-9-7-10(8-11(13)14-9)12(17)15-16-5-3-2-4-6-16/h7-8H,2-6H2,1H3,(H2,13,14)(H,15,17). The predicted molar refractivity (Wildman–Crippen MR) is 66.3 cm³/mol. The second kappa shape index (κ2) is 5.14. The molecule has 0 aliphatic carbocycles. The first-order valence-electron chi connectivity index (χ1n) is 5.95. The average Bonchev–Trinajstić information content (AvgIpc) is 2.29. The van der Waals surface area contributed by atoms with Crippen molar-refractivity contribution in [2.75, 3.05) is 18.8 Å². The molecule has 1 aliphatic rings. The number of carbonyl (C=O) groups excluding carboxylic acids is 1. The number of hydrogen-bond acceptors (Lipinski definition) is 4. The van der Waals surface area contributed by atoms with Gasteiger partial charge in [0.1, 0.15) is 5.82 Å². The van der Waals surface area contributed by atoms with Crippen molar-refractivity contribution in [3.63, 3.8) is 0 Å². The fourth-order valence-electron chi connectivity index (χ4n) is 2.04. The second-order valence-corrected chi connectivity index (χ2v) is 4.41. The van der Waals surface area contributed by atoms with Crippen molar-refractivity contribution in [2.24, 2.45) is 0 Å². The lowest BCUT2D eigenvalue weighted by Gasteiger charge is -2.26. The first-order chi connectivity index (χ1) is 8.15. The molecule has 0 bridgehead atoms. The van der Waals surface area contributed by atoms with Crippen LogP contribution in [-0.2, 0) is 0 Å². The number of carbonyl (C=O) groups is 1. The summed E-state index contributed by atoms with van der Waals surface area (Å²) in [5, 5.41) is 1.97. The molecule has 0 unspecified atom stereocenters. The highest BCUT2D eigenvalue weighted by Gasteiger charge is 2.14. The number of piperidine rings is 1. The predicted octanol–water partition coefficient (Wildman–Crippen LogP) is 1.10. The number of nitrogens with two attached hydrogens (primary N) is 1. The van der Waals surface area contributed by atoms with Gasteiger partial charge in [-0.05, 0) is 31.9 Å². The molecule has 1 aromatic heterocycles. The highest BCUT2D eigenvalue weighted by Crippen LogP contribution is 2.09. The third kappa shape index (κ3) is 3.17. The highest BCUT2D eigenvalue weighted by atomic mass is 16.2. The molecule has 5 nitrogen and oxygen atoms in total. The molecule has 92 valence electrons. The number of hydrazine groups is 1. The van der Waals surface area contributed by atoms with Crippen LogP contribution in [0, 0.1) is 6.92 Å². The van der Waals surface area contributed by atoms with Gasteiger partial charge in [-0.1, -0.05) is 6.42 Å². The maximum atomic E-state index is 12.0. The van der Waals surface area contributed by atoms with Gasteiger partial charge >= 0.3 is 0 Å². The van der Waals surface area contributed by atoms with E-state index in [9.17, 15) is 4.79 Å². The summed E-state index contributed by atoms with van der Waals surface area (Å²) in [5.74, 6) is 0.276. The number of anilines is 1. The van der Waals surface area contributed by atoms with Gasteiger partial charge in [-0.2, -0.15) is 0 Å². The van der Waals surface area contributed by atoms with Gasteiger partial charge in [0.2, 0.25) is 0 Å². The zero-order valence-corrected chi connectivity index (χ0v) is 10.1. The van der Waals surface area contributed by atoms with Crippen LogP contribution in [0.5, 0.6) is 0 Å². The summed E-state index contributed by atoms with van der Waals surface area (Å²) < 4.78 is 0.